The lowest BCUT2D eigenvalue weighted by atomic mass is 9.82. The summed E-state index contributed by atoms with van der Waals surface area (Å²) in [6, 6.07) is 55.6. The maximum atomic E-state index is 5.11. The summed E-state index contributed by atoms with van der Waals surface area (Å²) in [6.45, 7) is 6.70. The Kier molecular flexibility index (Phi) is 7.66. The lowest BCUT2D eigenvalue weighted by Gasteiger charge is -2.21. The van der Waals surface area contributed by atoms with Crippen molar-refractivity contribution in [3.8, 4) is 78.7 Å². The third-order valence-corrected chi connectivity index (χ3v) is 10.3. The van der Waals surface area contributed by atoms with Gasteiger partial charge in [-0.1, -0.05) is 141 Å². The van der Waals surface area contributed by atoms with E-state index in [1.54, 1.807) is 0 Å². The minimum Gasteiger partial charge on any atom is -0.261 e. The van der Waals surface area contributed by atoms with E-state index in [1.165, 1.54) is 22.3 Å². The molecule has 0 aliphatic heterocycles. The van der Waals surface area contributed by atoms with E-state index >= 15 is 0 Å². The van der Waals surface area contributed by atoms with E-state index in [4.69, 9.17) is 15.0 Å². The first-order chi connectivity index (χ1) is 25.4. The van der Waals surface area contributed by atoms with Gasteiger partial charge in [-0.2, -0.15) is 0 Å². The van der Waals surface area contributed by atoms with Crippen LogP contribution in [0, 0.1) is 6.92 Å². The molecule has 0 radical (unpaired) electrons. The van der Waals surface area contributed by atoms with Gasteiger partial charge in [-0.05, 0) is 87.3 Å². The quantitative estimate of drug-likeness (QED) is 0.177. The molecule has 248 valence electrons. The van der Waals surface area contributed by atoms with Gasteiger partial charge in [0.25, 0.3) is 0 Å². The normalized spacial score (nSPS) is 12.7. The molecule has 6 aromatic carbocycles. The van der Waals surface area contributed by atoms with E-state index in [9.17, 15) is 0 Å². The highest BCUT2D eigenvalue weighted by atomic mass is 15.0. The molecule has 0 N–H and O–H groups in total. The summed E-state index contributed by atoms with van der Waals surface area (Å²) in [7, 11) is 0. The summed E-state index contributed by atoms with van der Waals surface area (Å²) >= 11 is 0. The van der Waals surface area contributed by atoms with Gasteiger partial charge in [0.05, 0.1) is 0 Å². The fourth-order valence-electron chi connectivity index (χ4n) is 7.56. The largest absolute Gasteiger partial charge is 0.261 e. The SMILES string of the molecule is Cc1ncccc1-c1ccc(-c2cc(-c3ccc4c(c3)-c3ccccc3C4(C)C)cc(-c3nc(-c4ccccc4)nc(-c4ccccc4)n3)c2)cc1. The van der Waals surface area contributed by atoms with Crippen molar-refractivity contribution in [3.63, 3.8) is 0 Å². The molecule has 0 atom stereocenters. The van der Waals surface area contributed by atoms with Crippen LogP contribution in [0.25, 0.3) is 78.7 Å². The van der Waals surface area contributed by atoms with Crippen LogP contribution in [0.5, 0.6) is 0 Å². The number of benzene rings is 6. The molecule has 8 aromatic rings. The smallest absolute Gasteiger partial charge is 0.164 e. The van der Waals surface area contributed by atoms with E-state index in [2.05, 4.69) is 117 Å². The second-order valence-electron chi connectivity index (χ2n) is 14.0. The average Bonchev–Trinajstić information content (AvgIpc) is 3.44. The topological polar surface area (TPSA) is 51.6 Å². The standard InChI is InChI=1S/C48H36N4/c1-31-40(18-12-26-49-31)33-22-20-32(21-23-33)37-27-38(36-24-25-44-42(30-36)41-17-10-11-19-43(41)48(44,2)3)29-39(28-37)47-51-45(34-13-6-4-7-14-34)50-46(52-47)35-15-8-5-9-16-35/h4-30H,1-3H3. The van der Waals surface area contributed by atoms with E-state index in [-0.39, 0.29) is 5.41 Å². The summed E-state index contributed by atoms with van der Waals surface area (Å²) in [6.07, 6.45) is 1.84. The molecule has 0 saturated heterocycles. The Hall–Kier alpha value is -6.52. The van der Waals surface area contributed by atoms with Gasteiger partial charge in [0, 0.05) is 39.6 Å². The molecule has 0 amide bonds. The molecule has 4 heteroatoms. The van der Waals surface area contributed by atoms with Gasteiger partial charge >= 0.3 is 0 Å². The number of hydrogen-bond acceptors (Lipinski definition) is 4. The van der Waals surface area contributed by atoms with Crippen LogP contribution < -0.4 is 0 Å². The van der Waals surface area contributed by atoms with Crippen LogP contribution >= 0.6 is 0 Å². The van der Waals surface area contributed by atoms with Crippen LogP contribution in [0.4, 0.5) is 0 Å². The van der Waals surface area contributed by atoms with E-state index in [1.807, 2.05) is 72.9 Å². The van der Waals surface area contributed by atoms with Gasteiger partial charge in [-0.25, -0.2) is 15.0 Å². The lowest BCUT2D eigenvalue weighted by molar-refractivity contribution is 0.660. The number of hydrogen-bond donors (Lipinski definition) is 0. The molecule has 2 heterocycles. The van der Waals surface area contributed by atoms with E-state index in [0.717, 1.165) is 55.8 Å². The van der Waals surface area contributed by atoms with Crippen molar-refractivity contribution in [2.75, 3.05) is 0 Å². The summed E-state index contributed by atoms with van der Waals surface area (Å²) in [5.41, 5.74) is 15.8. The molecule has 0 bridgehead atoms. The summed E-state index contributed by atoms with van der Waals surface area (Å²) in [5.74, 6) is 1.92. The van der Waals surface area contributed by atoms with Crippen LogP contribution in [0.1, 0.15) is 30.7 Å². The Morgan fingerprint density at radius 1 is 0.365 bits per heavy atom. The molecule has 0 saturated carbocycles. The lowest BCUT2D eigenvalue weighted by Crippen LogP contribution is -2.14. The molecule has 9 rings (SSSR count). The van der Waals surface area contributed by atoms with Gasteiger partial charge < -0.3 is 0 Å². The van der Waals surface area contributed by atoms with Crippen molar-refractivity contribution in [1.82, 2.24) is 19.9 Å². The molecule has 0 fully saturated rings. The van der Waals surface area contributed by atoms with Gasteiger partial charge in [-0.3, -0.25) is 4.98 Å². The van der Waals surface area contributed by atoms with Crippen molar-refractivity contribution in [1.29, 1.82) is 0 Å². The zero-order chi connectivity index (χ0) is 35.2. The number of rotatable bonds is 6. The van der Waals surface area contributed by atoms with Crippen molar-refractivity contribution >= 4 is 0 Å². The second kappa shape index (κ2) is 12.7. The second-order valence-corrected chi connectivity index (χ2v) is 14.0. The zero-order valence-corrected chi connectivity index (χ0v) is 29.4. The maximum absolute atomic E-state index is 5.11. The zero-order valence-electron chi connectivity index (χ0n) is 29.4. The number of aryl methyl sites for hydroxylation is 1. The first-order valence-corrected chi connectivity index (χ1v) is 17.7. The van der Waals surface area contributed by atoms with Crippen molar-refractivity contribution in [3.05, 3.63) is 181 Å². The highest BCUT2D eigenvalue weighted by molar-refractivity contribution is 5.87. The molecule has 0 unspecified atom stereocenters. The number of nitrogens with zero attached hydrogens (tertiary/aromatic N) is 4. The Bertz CT molecular complexity index is 2530. The fourth-order valence-corrected chi connectivity index (χ4v) is 7.56. The Morgan fingerprint density at radius 3 is 1.52 bits per heavy atom. The average molecular weight is 669 g/mol. The highest BCUT2D eigenvalue weighted by Gasteiger charge is 2.35. The first-order valence-electron chi connectivity index (χ1n) is 17.7. The van der Waals surface area contributed by atoms with Crippen LogP contribution in [-0.2, 0) is 5.41 Å². The molecule has 1 aliphatic rings. The number of aromatic nitrogens is 4. The van der Waals surface area contributed by atoms with E-state index < -0.39 is 0 Å². The van der Waals surface area contributed by atoms with Crippen molar-refractivity contribution < 1.29 is 0 Å². The fraction of sp³-hybridized carbons (Fsp3) is 0.0833. The molecule has 52 heavy (non-hydrogen) atoms. The summed E-state index contributed by atoms with van der Waals surface area (Å²) in [4.78, 5) is 19.7. The third-order valence-electron chi connectivity index (χ3n) is 10.3. The Balaban J connectivity index is 1.24. The third kappa shape index (κ3) is 5.59. The molecular weight excluding hydrogens is 633 g/mol. The van der Waals surface area contributed by atoms with E-state index in [0.29, 0.717) is 17.5 Å². The predicted molar refractivity (Wildman–Crippen MR) is 213 cm³/mol. The van der Waals surface area contributed by atoms with Crippen LogP contribution in [0.3, 0.4) is 0 Å². The summed E-state index contributed by atoms with van der Waals surface area (Å²) in [5, 5.41) is 0. The monoisotopic (exact) mass is 668 g/mol. The minimum atomic E-state index is -0.0571. The molecule has 4 nitrogen and oxygen atoms in total. The Labute approximate surface area is 304 Å². The molecule has 2 aromatic heterocycles. The first kappa shape index (κ1) is 31.5. The van der Waals surface area contributed by atoms with Crippen LogP contribution in [0.2, 0.25) is 0 Å². The predicted octanol–water partition coefficient (Wildman–Crippen LogP) is 11.9. The molecule has 1 aliphatic carbocycles. The van der Waals surface area contributed by atoms with Gasteiger partial charge in [-0.15, -0.1) is 0 Å². The van der Waals surface area contributed by atoms with Crippen LogP contribution in [0.15, 0.2) is 164 Å². The molecule has 0 spiro atoms. The van der Waals surface area contributed by atoms with Crippen molar-refractivity contribution in [2.24, 2.45) is 0 Å². The Morgan fingerprint density at radius 2 is 0.865 bits per heavy atom. The van der Waals surface area contributed by atoms with Crippen molar-refractivity contribution in [2.45, 2.75) is 26.2 Å². The summed E-state index contributed by atoms with van der Waals surface area (Å²) < 4.78 is 0. The van der Waals surface area contributed by atoms with Gasteiger partial charge in [0.15, 0.2) is 17.5 Å². The highest BCUT2D eigenvalue weighted by Crippen LogP contribution is 2.49. The van der Waals surface area contributed by atoms with Crippen LogP contribution in [-0.4, -0.2) is 19.9 Å². The maximum Gasteiger partial charge on any atom is 0.164 e. The molecular formula is C48H36N4. The van der Waals surface area contributed by atoms with Gasteiger partial charge in [0.1, 0.15) is 0 Å². The minimum absolute atomic E-state index is 0.0571. The number of fused-ring (bicyclic) bond motifs is 3. The number of pyridine rings is 1. The van der Waals surface area contributed by atoms with Gasteiger partial charge in [0.2, 0.25) is 0 Å².